The van der Waals surface area contributed by atoms with Gasteiger partial charge in [0, 0.05) is 19.0 Å². The highest BCUT2D eigenvalue weighted by Gasteiger charge is 2.26. The lowest BCUT2D eigenvalue weighted by Gasteiger charge is -2.25. The molecule has 1 aliphatic rings. The van der Waals surface area contributed by atoms with E-state index in [1.165, 1.54) is 6.39 Å². The van der Waals surface area contributed by atoms with Gasteiger partial charge in [-0.1, -0.05) is 17.3 Å². The van der Waals surface area contributed by atoms with E-state index in [9.17, 15) is 0 Å². The second kappa shape index (κ2) is 6.06. The Labute approximate surface area is 149 Å². The maximum absolute atomic E-state index is 5.57. The summed E-state index contributed by atoms with van der Waals surface area (Å²) in [7, 11) is 0. The van der Waals surface area contributed by atoms with Crippen LogP contribution in [-0.2, 0) is 13.1 Å². The van der Waals surface area contributed by atoms with Crippen molar-refractivity contribution in [3.05, 3.63) is 59.8 Å². The van der Waals surface area contributed by atoms with Crippen LogP contribution in [0.25, 0.3) is 11.0 Å². The molecule has 1 aliphatic heterocycles. The van der Waals surface area contributed by atoms with E-state index < -0.39 is 0 Å². The molecule has 132 valence electrons. The Hall–Kier alpha value is -3.00. The van der Waals surface area contributed by atoms with Crippen molar-refractivity contribution in [3.63, 3.8) is 0 Å². The van der Waals surface area contributed by atoms with Gasteiger partial charge >= 0.3 is 0 Å². The normalized spacial score (nSPS) is 14.8. The SMILES string of the molecule is Cc1nc2ccccc2n1Cc1cn(Cc2ncoc2C2CNC2)nn1. The molecular weight excluding hydrogens is 330 g/mol. The first-order chi connectivity index (χ1) is 12.8. The molecule has 0 radical (unpaired) electrons. The Balaban J connectivity index is 1.37. The van der Waals surface area contributed by atoms with Crippen LogP contribution < -0.4 is 5.32 Å². The molecule has 8 heteroatoms. The third-order valence-corrected chi connectivity index (χ3v) is 4.89. The summed E-state index contributed by atoms with van der Waals surface area (Å²) in [5, 5.41) is 11.8. The highest BCUT2D eigenvalue weighted by atomic mass is 16.3. The fourth-order valence-electron chi connectivity index (χ4n) is 3.40. The van der Waals surface area contributed by atoms with Crippen molar-refractivity contribution in [1.82, 2.24) is 34.8 Å². The van der Waals surface area contributed by atoms with E-state index in [2.05, 4.69) is 36.2 Å². The Bertz CT molecular complexity index is 1060. The van der Waals surface area contributed by atoms with Crippen molar-refractivity contribution >= 4 is 11.0 Å². The number of hydrogen-bond acceptors (Lipinski definition) is 6. The third-order valence-electron chi connectivity index (χ3n) is 4.89. The Morgan fingerprint density at radius 2 is 2.12 bits per heavy atom. The molecule has 1 aromatic carbocycles. The fourth-order valence-corrected chi connectivity index (χ4v) is 3.40. The third kappa shape index (κ3) is 2.59. The number of benzene rings is 1. The first-order valence-electron chi connectivity index (χ1n) is 8.72. The van der Waals surface area contributed by atoms with E-state index in [0.717, 1.165) is 47.1 Å². The number of aromatic nitrogens is 6. The van der Waals surface area contributed by atoms with Crippen LogP contribution >= 0.6 is 0 Å². The number of oxazole rings is 1. The van der Waals surface area contributed by atoms with E-state index in [0.29, 0.717) is 19.0 Å². The van der Waals surface area contributed by atoms with Crippen LogP contribution in [0.2, 0.25) is 0 Å². The van der Waals surface area contributed by atoms with E-state index in [4.69, 9.17) is 4.42 Å². The number of nitrogens with one attached hydrogen (secondary N) is 1. The largest absolute Gasteiger partial charge is 0.448 e. The lowest BCUT2D eigenvalue weighted by molar-refractivity contribution is 0.364. The van der Waals surface area contributed by atoms with Crippen LogP contribution in [0.4, 0.5) is 0 Å². The molecule has 1 fully saturated rings. The number of fused-ring (bicyclic) bond motifs is 1. The van der Waals surface area contributed by atoms with E-state index in [1.54, 1.807) is 0 Å². The molecule has 0 saturated carbocycles. The smallest absolute Gasteiger partial charge is 0.181 e. The average Bonchev–Trinajstić information content (AvgIpc) is 3.29. The minimum Gasteiger partial charge on any atom is -0.448 e. The van der Waals surface area contributed by atoms with Crippen LogP contribution in [0.5, 0.6) is 0 Å². The maximum Gasteiger partial charge on any atom is 0.181 e. The van der Waals surface area contributed by atoms with Gasteiger partial charge in [0.1, 0.15) is 23.0 Å². The zero-order chi connectivity index (χ0) is 17.5. The van der Waals surface area contributed by atoms with Gasteiger partial charge in [-0.3, -0.25) is 0 Å². The molecule has 1 saturated heterocycles. The monoisotopic (exact) mass is 349 g/mol. The van der Waals surface area contributed by atoms with Crippen LogP contribution in [-0.4, -0.2) is 42.6 Å². The number of para-hydroxylation sites is 2. The van der Waals surface area contributed by atoms with E-state index in [-0.39, 0.29) is 0 Å². The van der Waals surface area contributed by atoms with Crippen molar-refractivity contribution in [1.29, 1.82) is 0 Å². The minimum absolute atomic E-state index is 0.412. The summed E-state index contributed by atoms with van der Waals surface area (Å²) in [4.78, 5) is 8.96. The highest BCUT2D eigenvalue weighted by molar-refractivity contribution is 5.75. The predicted octanol–water partition coefficient (Wildman–Crippen LogP) is 1.71. The minimum atomic E-state index is 0.412. The first kappa shape index (κ1) is 15.3. The lowest BCUT2D eigenvalue weighted by atomic mass is 9.99. The number of aryl methyl sites for hydroxylation is 1. The van der Waals surface area contributed by atoms with Gasteiger partial charge in [-0.15, -0.1) is 5.10 Å². The van der Waals surface area contributed by atoms with E-state index >= 15 is 0 Å². The van der Waals surface area contributed by atoms with Crippen molar-refractivity contribution in [2.45, 2.75) is 25.9 Å². The second-order valence-electron chi connectivity index (χ2n) is 6.66. The van der Waals surface area contributed by atoms with Gasteiger partial charge in [0.25, 0.3) is 0 Å². The Kier molecular flexibility index (Phi) is 3.56. The summed E-state index contributed by atoms with van der Waals surface area (Å²) >= 11 is 0. The van der Waals surface area contributed by atoms with Crippen molar-refractivity contribution in [2.75, 3.05) is 13.1 Å². The van der Waals surface area contributed by atoms with Crippen LogP contribution in [0.1, 0.15) is 28.9 Å². The molecule has 5 rings (SSSR count). The number of rotatable bonds is 5. The van der Waals surface area contributed by atoms with Gasteiger partial charge in [-0.05, 0) is 19.1 Å². The van der Waals surface area contributed by atoms with Crippen molar-refractivity contribution < 1.29 is 4.42 Å². The predicted molar refractivity (Wildman–Crippen MR) is 94.8 cm³/mol. The molecule has 0 atom stereocenters. The molecule has 1 N–H and O–H groups in total. The van der Waals surface area contributed by atoms with Gasteiger partial charge in [0.2, 0.25) is 0 Å². The molecule has 0 amide bonds. The number of nitrogens with zero attached hydrogens (tertiary/aromatic N) is 6. The molecule has 0 unspecified atom stereocenters. The summed E-state index contributed by atoms with van der Waals surface area (Å²) in [6, 6.07) is 8.13. The summed E-state index contributed by atoms with van der Waals surface area (Å²) in [5.74, 6) is 2.34. The van der Waals surface area contributed by atoms with Gasteiger partial charge in [0.15, 0.2) is 6.39 Å². The van der Waals surface area contributed by atoms with Crippen LogP contribution in [0.15, 0.2) is 41.3 Å². The van der Waals surface area contributed by atoms with E-state index in [1.807, 2.05) is 36.0 Å². The van der Waals surface area contributed by atoms with Crippen molar-refractivity contribution in [3.8, 4) is 0 Å². The molecular formula is C18H19N7O. The fraction of sp³-hybridized carbons (Fsp3) is 0.333. The number of imidazole rings is 1. The van der Waals surface area contributed by atoms with Gasteiger partial charge in [0.05, 0.1) is 30.3 Å². The van der Waals surface area contributed by atoms with Crippen LogP contribution in [0.3, 0.4) is 0 Å². The van der Waals surface area contributed by atoms with Gasteiger partial charge < -0.3 is 14.3 Å². The van der Waals surface area contributed by atoms with Gasteiger partial charge in [-0.25, -0.2) is 14.6 Å². The summed E-state index contributed by atoms with van der Waals surface area (Å²) in [6.07, 6.45) is 3.48. The Morgan fingerprint density at radius 1 is 1.23 bits per heavy atom. The topological polar surface area (TPSA) is 86.6 Å². The molecule has 0 aliphatic carbocycles. The molecule has 8 nitrogen and oxygen atoms in total. The standard InChI is InChI=1S/C18H19N7O/c1-12-21-15-4-2-3-5-17(15)25(12)9-14-8-24(23-22-14)10-16-18(26-11-20-16)13-6-19-7-13/h2-5,8,11,13,19H,6-7,9-10H2,1H3. The zero-order valence-corrected chi connectivity index (χ0v) is 14.5. The average molecular weight is 349 g/mol. The van der Waals surface area contributed by atoms with Gasteiger partial charge in [-0.2, -0.15) is 0 Å². The molecule has 0 bridgehead atoms. The zero-order valence-electron chi connectivity index (χ0n) is 14.5. The van der Waals surface area contributed by atoms with Crippen molar-refractivity contribution in [2.24, 2.45) is 0 Å². The van der Waals surface area contributed by atoms with Crippen LogP contribution in [0, 0.1) is 6.92 Å². The first-order valence-corrected chi connectivity index (χ1v) is 8.72. The lowest BCUT2D eigenvalue weighted by Crippen LogP contribution is -2.40. The molecule has 4 heterocycles. The summed E-state index contributed by atoms with van der Waals surface area (Å²) in [6.45, 7) is 5.11. The number of hydrogen-bond donors (Lipinski definition) is 1. The quantitative estimate of drug-likeness (QED) is 0.590. The molecule has 3 aromatic heterocycles. The summed E-state index contributed by atoms with van der Waals surface area (Å²) in [5.41, 5.74) is 3.93. The second-order valence-corrected chi connectivity index (χ2v) is 6.66. The molecule has 4 aromatic rings. The summed E-state index contributed by atoms with van der Waals surface area (Å²) < 4.78 is 9.55. The highest BCUT2D eigenvalue weighted by Crippen LogP contribution is 2.23. The maximum atomic E-state index is 5.57. The molecule has 26 heavy (non-hydrogen) atoms. The molecule has 0 spiro atoms. The Morgan fingerprint density at radius 3 is 2.96 bits per heavy atom.